The van der Waals surface area contributed by atoms with E-state index in [4.69, 9.17) is 5.21 Å². The van der Waals surface area contributed by atoms with Gasteiger partial charge in [0.15, 0.2) is 0 Å². The number of nitrogens with one attached hydrogen (secondary N) is 2. The van der Waals surface area contributed by atoms with Crippen LogP contribution in [0.1, 0.15) is 11.1 Å². The molecule has 128 valence electrons. The first-order valence-electron chi connectivity index (χ1n) is 7.25. The van der Waals surface area contributed by atoms with Gasteiger partial charge in [-0.05, 0) is 29.8 Å². The van der Waals surface area contributed by atoms with E-state index in [0.29, 0.717) is 16.8 Å². The van der Waals surface area contributed by atoms with Crippen molar-refractivity contribution in [3.8, 4) is 11.8 Å². The molecule has 2 aromatic carbocycles. The van der Waals surface area contributed by atoms with Crippen molar-refractivity contribution in [1.29, 1.82) is 0 Å². The summed E-state index contributed by atoms with van der Waals surface area (Å²) >= 11 is 0. The van der Waals surface area contributed by atoms with Crippen LogP contribution in [0.25, 0.3) is 0 Å². The van der Waals surface area contributed by atoms with Crippen LogP contribution < -0.4 is 10.2 Å². The molecule has 6 nitrogen and oxygen atoms in total. The SMILES string of the molecule is O=C(/C=C/C#Cc1cccc(NS(=O)(=O)Cc2ccccc2)c1)NO. The molecule has 2 aromatic rings. The van der Waals surface area contributed by atoms with Crippen molar-refractivity contribution < 1.29 is 18.4 Å². The second-order valence-corrected chi connectivity index (χ2v) is 6.73. The standard InChI is InChI=1S/C18H16N2O4S/c21-18(19-22)12-5-4-7-15-10-6-11-17(13-15)20-25(23,24)14-16-8-2-1-3-9-16/h1-3,5-6,8-13,20,22H,14H2,(H,19,21)/b12-5+. The van der Waals surface area contributed by atoms with Crippen molar-refractivity contribution in [2.75, 3.05) is 4.72 Å². The minimum atomic E-state index is -3.54. The molecule has 2 rings (SSSR count). The Balaban J connectivity index is 2.07. The smallest absolute Gasteiger partial charge is 0.267 e. The van der Waals surface area contributed by atoms with Gasteiger partial charge in [-0.15, -0.1) is 0 Å². The summed E-state index contributed by atoms with van der Waals surface area (Å²) in [5.74, 6) is 4.58. The van der Waals surface area contributed by atoms with Crippen LogP contribution in [0.3, 0.4) is 0 Å². The first-order chi connectivity index (χ1) is 12.0. The average Bonchev–Trinajstić information content (AvgIpc) is 2.59. The molecule has 0 fully saturated rings. The number of hydroxylamine groups is 1. The topological polar surface area (TPSA) is 95.5 Å². The van der Waals surface area contributed by atoms with Gasteiger partial charge in [0.2, 0.25) is 10.0 Å². The van der Waals surface area contributed by atoms with Crippen molar-refractivity contribution >= 4 is 21.6 Å². The Morgan fingerprint density at radius 1 is 1.12 bits per heavy atom. The van der Waals surface area contributed by atoms with Gasteiger partial charge in [0, 0.05) is 17.3 Å². The number of hydrogen-bond acceptors (Lipinski definition) is 4. The molecule has 0 aliphatic carbocycles. The number of rotatable bonds is 5. The molecule has 7 heteroatoms. The molecule has 3 N–H and O–H groups in total. The summed E-state index contributed by atoms with van der Waals surface area (Å²) in [5, 5.41) is 8.34. The van der Waals surface area contributed by atoms with Crippen LogP contribution in [-0.4, -0.2) is 19.5 Å². The Morgan fingerprint density at radius 2 is 1.88 bits per heavy atom. The van der Waals surface area contributed by atoms with E-state index in [1.165, 1.54) is 11.6 Å². The van der Waals surface area contributed by atoms with E-state index in [2.05, 4.69) is 16.6 Å². The van der Waals surface area contributed by atoms with Gasteiger partial charge in [-0.1, -0.05) is 48.2 Å². The molecule has 0 unspecified atom stereocenters. The van der Waals surface area contributed by atoms with E-state index < -0.39 is 15.9 Å². The molecular weight excluding hydrogens is 340 g/mol. The second kappa shape index (κ2) is 8.68. The highest BCUT2D eigenvalue weighted by Crippen LogP contribution is 2.14. The molecule has 0 aliphatic rings. The molecule has 0 saturated heterocycles. The molecule has 0 atom stereocenters. The zero-order chi connectivity index (χ0) is 18.1. The fourth-order valence-electron chi connectivity index (χ4n) is 1.95. The molecular formula is C18H16N2O4S. The third kappa shape index (κ3) is 6.51. The molecule has 0 radical (unpaired) electrons. The summed E-state index contributed by atoms with van der Waals surface area (Å²) in [6, 6.07) is 15.5. The third-order valence-electron chi connectivity index (χ3n) is 2.98. The predicted octanol–water partition coefficient (Wildman–Crippen LogP) is 2.04. The van der Waals surface area contributed by atoms with Crippen LogP contribution in [0.15, 0.2) is 66.7 Å². The number of anilines is 1. The van der Waals surface area contributed by atoms with Gasteiger partial charge < -0.3 is 0 Å². The number of allylic oxidation sites excluding steroid dienone is 1. The minimum Gasteiger partial charge on any atom is -0.288 e. The molecule has 0 heterocycles. The normalized spacial score (nSPS) is 10.8. The molecule has 1 amide bonds. The van der Waals surface area contributed by atoms with Gasteiger partial charge in [0.1, 0.15) is 0 Å². The predicted molar refractivity (Wildman–Crippen MR) is 95.1 cm³/mol. The Bertz CT molecular complexity index is 926. The fourth-order valence-corrected chi connectivity index (χ4v) is 3.14. The molecule has 0 bridgehead atoms. The summed E-state index contributed by atoms with van der Waals surface area (Å²) in [7, 11) is -3.54. The highest BCUT2D eigenvalue weighted by Gasteiger charge is 2.11. The van der Waals surface area contributed by atoms with Gasteiger partial charge >= 0.3 is 0 Å². The number of carbonyl (C=O) groups excluding carboxylic acids is 1. The summed E-state index contributed by atoms with van der Waals surface area (Å²) in [6.07, 6.45) is 2.34. The summed E-state index contributed by atoms with van der Waals surface area (Å²) in [4.78, 5) is 10.8. The van der Waals surface area contributed by atoms with Gasteiger partial charge in [0.05, 0.1) is 5.75 Å². The summed E-state index contributed by atoms with van der Waals surface area (Å²) in [6.45, 7) is 0. The zero-order valence-corrected chi connectivity index (χ0v) is 14.0. The minimum absolute atomic E-state index is 0.122. The molecule has 0 aliphatic heterocycles. The van der Waals surface area contributed by atoms with Gasteiger partial charge in [0.25, 0.3) is 5.91 Å². The first-order valence-corrected chi connectivity index (χ1v) is 8.90. The lowest BCUT2D eigenvalue weighted by molar-refractivity contribution is -0.124. The van der Waals surface area contributed by atoms with Crippen molar-refractivity contribution in [1.82, 2.24) is 5.48 Å². The van der Waals surface area contributed by atoms with Crippen molar-refractivity contribution in [3.05, 3.63) is 77.9 Å². The third-order valence-corrected chi connectivity index (χ3v) is 4.24. The Morgan fingerprint density at radius 3 is 2.60 bits per heavy atom. The van der Waals surface area contributed by atoms with E-state index in [-0.39, 0.29) is 5.75 Å². The van der Waals surface area contributed by atoms with Crippen LogP contribution in [0.4, 0.5) is 5.69 Å². The Labute approximate surface area is 146 Å². The second-order valence-electron chi connectivity index (χ2n) is 5.01. The maximum Gasteiger partial charge on any atom is 0.267 e. The van der Waals surface area contributed by atoms with E-state index in [1.807, 2.05) is 6.07 Å². The van der Waals surface area contributed by atoms with Crippen LogP contribution >= 0.6 is 0 Å². The van der Waals surface area contributed by atoms with Crippen molar-refractivity contribution in [3.63, 3.8) is 0 Å². The van der Waals surface area contributed by atoms with E-state index in [9.17, 15) is 13.2 Å². The Kier molecular flexibility index (Phi) is 6.34. The van der Waals surface area contributed by atoms with Crippen LogP contribution in [0, 0.1) is 11.8 Å². The Hall–Kier alpha value is -3.08. The molecule has 0 spiro atoms. The number of benzene rings is 2. The molecule has 0 saturated carbocycles. The zero-order valence-electron chi connectivity index (χ0n) is 13.1. The van der Waals surface area contributed by atoms with Crippen molar-refractivity contribution in [2.45, 2.75) is 5.75 Å². The van der Waals surface area contributed by atoms with Gasteiger partial charge in [-0.3, -0.25) is 14.7 Å². The van der Waals surface area contributed by atoms with Crippen molar-refractivity contribution in [2.24, 2.45) is 0 Å². The monoisotopic (exact) mass is 356 g/mol. The fraction of sp³-hybridized carbons (Fsp3) is 0.0556. The van der Waals surface area contributed by atoms with Gasteiger partial charge in [-0.2, -0.15) is 0 Å². The van der Waals surface area contributed by atoms with Crippen LogP contribution in [0.2, 0.25) is 0 Å². The number of sulfonamides is 1. The van der Waals surface area contributed by atoms with E-state index >= 15 is 0 Å². The molecule has 0 aromatic heterocycles. The lowest BCUT2D eigenvalue weighted by atomic mass is 10.2. The maximum absolute atomic E-state index is 12.2. The number of amides is 1. The highest BCUT2D eigenvalue weighted by molar-refractivity contribution is 7.91. The van der Waals surface area contributed by atoms with Crippen LogP contribution in [0.5, 0.6) is 0 Å². The largest absolute Gasteiger partial charge is 0.288 e. The first kappa shape index (κ1) is 18.3. The number of carbonyl (C=O) groups is 1. The van der Waals surface area contributed by atoms with E-state index in [0.717, 1.165) is 6.08 Å². The summed E-state index contributed by atoms with van der Waals surface area (Å²) in [5.41, 5.74) is 3.12. The lowest BCUT2D eigenvalue weighted by Gasteiger charge is -2.08. The summed E-state index contributed by atoms with van der Waals surface area (Å²) < 4.78 is 27.0. The molecule has 25 heavy (non-hydrogen) atoms. The maximum atomic E-state index is 12.2. The highest BCUT2D eigenvalue weighted by atomic mass is 32.2. The van der Waals surface area contributed by atoms with Gasteiger partial charge in [-0.25, -0.2) is 13.9 Å². The number of hydrogen-bond donors (Lipinski definition) is 3. The lowest BCUT2D eigenvalue weighted by Crippen LogP contribution is -2.15. The van der Waals surface area contributed by atoms with Crippen LogP contribution in [-0.2, 0) is 20.6 Å². The average molecular weight is 356 g/mol. The van der Waals surface area contributed by atoms with E-state index in [1.54, 1.807) is 48.5 Å². The quantitative estimate of drug-likeness (QED) is 0.331.